The Hall–Kier alpha value is -8.20. The summed E-state index contributed by atoms with van der Waals surface area (Å²) in [5.74, 6) is 0. The lowest BCUT2D eigenvalue weighted by Gasteiger charge is -2.40. The van der Waals surface area contributed by atoms with Crippen LogP contribution in [0.4, 0.5) is 17.1 Å². The summed E-state index contributed by atoms with van der Waals surface area (Å²) < 4.78 is 2.56. The SMILES string of the molecule is Cc1ccc2c(c1)c1cc(C)cc3c1n2-c1ccc(-c2ccc(N(c4ccc5c(c4)C(C)(C)c4ccccc4-5)c4ccccc4-c4ccccc4)cc2)cc1C31c2ccccc2-c2ccccc21. The third-order valence-corrected chi connectivity index (χ3v) is 15.7. The van der Waals surface area contributed by atoms with Gasteiger partial charge in [0.2, 0.25) is 0 Å². The van der Waals surface area contributed by atoms with Gasteiger partial charge in [0.1, 0.15) is 0 Å². The molecular weight excluding hydrogens is 821 g/mol. The fourth-order valence-corrected chi connectivity index (χ4v) is 12.7. The maximum Gasteiger partial charge on any atom is 0.0754 e. The Morgan fingerprint density at radius 1 is 0.368 bits per heavy atom. The number of rotatable bonds is 5. The van der Waals surface area contributed by atoms with Gasteiger partial charge in [-0.15, -0.1) is 0 Å². The first-order chi connectivity index (χ1) is 33.3. The summed E-state index contributed by atoms with van der Waals surface area (Å²) in [6.07, 6.45) is 0. The Labute approximate surface area is 398 Å². The highest BCUT2D eigenvalue weighted by molar-refractivity contribution is 6.13. The van der Waals surface area contributed by atoms with E-state index in [0.29, 0.717) is 0 Å². The van der Waals surface area contributed by atoms with Gasteiger partial charge in [0, 0.05) is 33.1 Å². The van der Waals surface area contributed by atoms with Crippen LogP contribution < -0.4 is 4.90 Å². The van der Waals surface area contributed by atoms with Gasteiger partial charge in [0.25, 0.3) is 0 Å². The van der Waals surface area contributed by atoms with Crippen molar-refractivity contribution >= 4 is 38.9 Å². The number of anilines is 3. The molecule has 0 amide bonds. The first kappa shape index (κ1) is 39.0. The minimum atomic E-state index is -0.513. The lowest BCUT2D eigenvalue weighted by molar-refractivity contribution is 0.660. The van der Waals surface area contributed by atoms with E-state index in [1.165, 1.54) is 117 Å². The summed E-state index contributed by atoms with van der Waals surface area (Å²) in [6.45, 7) is 9.22. The molecule has 1 aromatic heterocycles. The zero-order chi connectivity index (χ0) is 45.5. The van der Waals surface area contributed by atoms with Gasteiger partial charge in [-0.2, -0.15) is 0 Å². The zero-order valence-electron chi connectivity index (χ0n) is 38.7. The average molecular weight is 869 g/mol. The normalized spacial score (nSPS) is 14.1. The summed E-state index contributed by atoms with van der Waals surface area (Å²) in [7, 11) is 0. The maximum absolute atomic E-state index is 2.56. The second-order valence-electron chi connectivity index (χ2n) is 19.8. The molecule has 0 saturated carbocycles. The summed E-state index contributed by atoms with van der Waals surface area (Å²) >= 11 is 0. The van der Waals surface area contributed by atoms with E-state index in [0.717, 1.165) is 17.1 Å². The third-order valence-electron chi connectivity index (χ3n) is 15.7. The molecule has 2 heteroatoms. The Bertz CT molecular complexity index is 3860. The summed E-state index contributed by atoms with van der Waals surface area (Å²) in [4.78, 5) is 2.46. The van der Waals surface area contributed by atoms with Crippen LogP contribution in [0.5, 0.6) is 0 Å². The first-order valence-corrected chi connectivity index (χ1v) is 24.0. The lowest BCUT2D eigenvalue weighted by atomic mass is 9.65. The quantitative estimate of drug-likeness (QED) is 0.167. The first-order valence-electron chi connectivity index (χ1n) is 24.0. The van der Waals surface area contributed by atoms with Crippen molar-refractivity contribution in [1.29, 1.82) is 0 Å². The van der Waals surface area contributed by atoms with Gasteiger partial charge >= 0.3 is 0 Å². The molecule has 1 aliphatic heterocycles. The Morgan fingerprint density at radius 2 is 0.956 bits per heavy atom. The third kappa shape index (κ3) is 5.23. The van der Waals surface area contributed by atoms with E-state index < -0.39 is 5.41 Å². The largest absolute Gasteiger partial charge is 0.310 e. The standard InChI is InChI=1S/C66H48N2/c1-41-26-34-62-53(36-41)54-37-42(2)38-60-64(54)68(62)63-35-29-45(39-59(63)66(60)56-23-13-9-20-50(56)51-21-10-14-24-57(51)66)43-27-30-46(31-28-43)67(61-25-15-11-18-48(61)44-16-6-5-7-17-44)47-32-33-52-49-19-8-12-22-55(49)65(3,4)58(52)40-47/h5-40H,1-4H3. The van der Waals surface area contributed by atoms with Gasteiger partial charge < -0.3 is 9.47 Å². The molecule has 0 saturated heterocycles. The van der Waals surface area contributed by atoms with E-state index in [1.54, 1.807) is 0 Å². The monoisotopic (exact) mass is 868 g/mol. The highest BCUT2D eigenvalue weighted by Crippen LogP contribution is 2.62. The van der Waals surface area contributed by atoms with Crippen LogP contribution in [0.15, 0.2) is 218 Å². The van der Waals surface area contributed by atoms with Gasteiger partial charge in [-0.25, -0.2) is 0 Å². The van der Waals surface area contributed by atoms with E-state index >= 15 is 0 Å². The Balaban J connectivity index is 0.974. The fourth-order valence-electron chi connectivity index (χ4n) is 12.7. The van der Waals surface area contributed by atoms with Crippen LogP contribution in [0.2, 0.25) is 0 Å². The molecule has 1 spiro atoms. The van der Waals surface area contributed by atoms with Gasteiger partial charge in [-0.05, 0) is 147 Å². The molecule has 2 nitrogen and oxygen atoms in total. The molecule has 0 radical (unpaired) electrons. The van der Waals surface area contributed by atoms with Crippen molar-refractivity contribution in [2.75, 3.05) is 4.90 Å². The van der Waals surface area contributed by atoms with Crippen molar-refractivity contribution < 1.29 is 0 Å². The van der Waals surface area contributed by atoms with Gasteiger partial charge in [-0.3, -0.25) is 0 Å². The lowest BCUT2D eigenvalue weighted by Crippen LogP contribution is -2.33. The molecule has 0 N–H and O–H groups in total. The number of hydrogen-bond donors (Lipinski definition) is 0. The van der Waals surface area contributed by atoms with Crippen molar-refractivity contribution in [3.05, 3.63) is 263 Å². The second kappa shape index (κ2) is 14.2. The van der Waals surface area contributed by atoms with Crippen LogP contribution in [0, 0.1) is 13.8 Å². The second-order valence-corrected chi connectivity index (χ2v) is 19.8. The van der Waals surface area contributed by atoms with Crippen molar-refractivity contribution in [2.45, 2.75) is 38.5 Å². The molecule has 0 atom stereocenters. The van der Waals surface area contributed by atoms with Crippen molar-refractivity contribution in [1.82, 2.24) is 4.57 Å². The molecule has 0 bridgehead atoms. The molecule has 3 aliphatic rings. The predicted octanol–water partition coefficient (Wildman–Crippen LogP) is 17.2. The van der Waals surface area contributed by atoms with Crippen molar-refractivity contribution in [3.63, 3.8) is 0 Å². The van der Waals surface area contributed by atoms with Gasteiger partial charge in [0.05, 0.1) is 27.8 Å². The summed E-state index contributed by atoms with van der Waals surface area (Å²) in [5.41, 5.74) is 27.2. The van der Waals surface area contributed by atoms with Crippen LogP contribution >= 0.6 is 0 Å². The fraction of sp³-hybridized carbons (Fsp3) is 0.0909. The summed E-state index contributed by atoms with van der Waals surface area (Å²) in [6, 6.07) is 82.4. The molecule has 14 rings (SSSR count). The average Bonchev–Trinajstić information content (AvgIpc) is 3.94. The van der Waals surface area contributed by atoms with E-state index in [-0.39, 0.29) is 5.41 Å². The van der Waals surface area contributed by atoms with E-state index in [4.69, 9.17) is 0 Å². The molecular formula is C66H48N2. The molecule has 2 aliphatic carbocycles. The molecule has 0 fully saturated rings. The van der Waals surface area contributed by atoms with Crippen LogP contribution in [-0.2, 0) is 10.8 Å². The molecule has 0 unspecified atom stereocenters. The zero-order valence-corrected chi connectivity index (χ0v) is 38.7. The predicted molar refractivity (Wildman–Crippen MR) is 284 cm³/mol. The minimum Gasteiger partial charge on any atom is -0.310 e. The number of benzene rings is 10. The van der Waals surface area contributed by atoms with Gasteiger partial charge in [-0.1, -0.05) is 183 Å². The van der Waals surface area contributed by atoms with E-state index in [2.05, 4.69) is 256 Å². The van der Waals surface area contributed by atoms with E-state index in [9.17, 15) is 0 Å². The van der Waals surface area contributed by atoms with E-state index in [1.807, 2.05) is 0 Å². The Morgan fingerprint density at radius 3 is 1.69 bits per heavy atom. The highest BCUT2D eigenvalue weighted by Gasteiger charge is 2.51. The number of hydrogen-bond acceptors (Lipinski definition) is 1. The smallest absolute Gasteiger partial charge is 0.0754 e. The van der Waals surface area contributed by atoms with Crippen LogP contribution in [0.25, 0.3) is 72.0 Å². The molecule has 11 aromatic rings. The van der Waals surface area contributed by atoms with Crippen LogP contribution in [-0.4, -0.2) is 4.57 Å². The molecule has 68 heavy (non-hydrogen) atoms. The highest BCUT2D eigenvalue weighted by atomic mass is 15.1. The number of para-hydroxylation sites is 1. The molecule has 2 heterocycles. The Kier molecular flexibility index (Phi) is 8.12. The number of fused-ring (bicyclic) bond motifs is 15. The van der Waals surface area contributed by atoms with Crippen LogP contribution in [0.3, 0.4) is 0 Å². The molecule has 322 valence electrons. The van der Waals surface area contributed by atoms with Crippen LogP contribution in [0.1, 0.15) is 58.4 Å². The summed E-state index contributed by atoms with van der Waals surface area (Å²) in [5, 5.41) is 2.63. The molecule has 10 aromatic carbocycles. The number of nitrogens with zero attached hydrogens (tertiary/aromatic N) is 2. The number of aryl methyl sites for hydroxylation is 2. The van der Waals surface area contributed by atoms with Gasteiger partial charge in [0.15, 0.2) is 0 Å². The topological polar surface area (TPSA) is 8.17 Å². The van der Waals surface area contributed by atoms with Crippen molar-refractivity contribution in [2.24, 2.45) is 0 Å². The minimum absolute atomic E-state index is 0.128. The maximum atomic E-state index is 2.56. The number of aromatic nitrogens is 1. The van der Waals surface area contributed by atoms with Crippen molar-refractivity contribution in [3.8, 4) is 50.2 Å².